The first kappa shape index (κ1) is 10.7. The van der Waals surface area contributed by atoms with Gasteiger partial charge in [-0.3, -0.25) is 4.98 Å². The molecule has 0 aliphatic rings. The Morgan fingerprint density at radius 2 is 2.15 bits per heavy atom. The second kappa shape index (κ2) is 4.20. The Kier molecular flexibility index (Phi) is 3.45. The lowest BCUT2D eigenvalue weighted by Gasteiger charge is -2.16. The largest absolute Gasteiger partial charge is 0.384 e. The monoisotopic (exact) mass is 243 g/mol. The fourth-order valence-corrected chi connectivity index (χ4v) is 1.46. The molecule has 72 valence electrons. The zero-order valence-electron chi connectivity index (χ0n) is 7.92. The molecule has 1 aromatic rings. The third kappa shape index (κ3) is 3.08. The number of aryl methyl sites for hydroxylation is 1. The number of hydrogen-bond acceptors (Lipinski definition) is 2. The lowest BCUT2D eigenvalue weighted by atomic mass is 10.0. The van der Waals surface area contributed by atoms with Gasteiger partial charge in [0.2, 0.25) is 0 Å². The summed E-state index contributed by atoms with van der Waals surface area (Å²) in [6.07, 6.45) is 0.893. The van der Waals surface area contributed by atoms with Crippen LogP contribution in [-0.4, -0.2) is 15.4 Å². The topological polar surface area (TPSA) is 33.1 Å². The molecule has 1 rings (SSSR count). The average molecular weight is 244 g/mol. The number of halogens is 1. The smallest absolute Gasteiger partial charge is 0.101 e. The van der Waals surface area contributed by atoms with Gasteiger partial charge in [-0.2, -0.15) is 0 Å². The molecule has 0 aromatic carbocycles. The van der Waals surface area contributed by atoms with E-state index in [1.807, 2.05) is 18.2 Å². The molecule has 3 heteroatoms. The summed E-state index contributed by atoms with van der Waals surface area (Å²) in [7, 11) is 0. The van der Waals surface area contributed by atoms with E-state index in [0.717, 1.165) is 23.1 Å². The van der Waals surface area contributed by atoms with E-state index >= 15 is 0 Å². The molecule has 1 aromatic heterocycles. The van der Waals surface area contributed by atoms with Crippen LogP contribution in [0.25, 0.3) is 0 Å². The molecule has 0 fully saturated rings. The summed E-state index contributed by atoms with van der Waals surface area (Å²) in [6, 6.07) is 5.74. The van der Waals surface area contributed by atoms with Crippen molar-refractivity contribution in [1.82, 2.24) is 4.98 Å². The second-order valence-corrected chi connectivity index (χ2v) is 4.31. The van der Waals surface area contributed by atoms with E-state index < -0.39 is 5.60 Å². The number of alkyl halides is 1. The van der Waals surface area contributed by atoms with Crippen molar-refractivity contribution >= 4 is 15.9 Å². The third-order valence-corrected chi connectivity index (χ3v) is 2.18. The second-order valence-electron chi connectivity index (χ2n) is 3.51. The van der Waals surface area contributed by atoms with Crippen molar-refractivity contribution in [2.75, 3.05) is 5.33 Å². The summed E-state index contributed by atoms with van der Waals surface area (Å²) in [5.74, 6) is 0. The first-order valence-electron chi connectivity index (χ1n) is 4.29. The van der Waals surface area contributed by atoms with E-state index in [4.69, 9.17) is 0 Å². The summed E-state index contributed by atoms with van der Waals surface area (Å²) in [6.45, 7) is 3.49. The van der Waals surface area contributed by atoms with Crippen molar-refractivity contribution in [3.63, 3.8) is 0 Å². The molecule has 13 heavy (non-hydrogen) atoms. The number of hydrogen-bond donors (Lipinski definition) is 1. The minimum absolute atomic E-state index is 0.728. The van der Waals surface area contributed by atoms with Crippen molar-refractivity contribution in [2.45, 2.75) is 25.9 Å². The molecule has 0 unspecified atom stereocenters. The zero-order valence-corrected chi connectivity index (χ0v) is 9.50. The fraction of sp³-hybridized carbons (Fsp3) is 0.500. The highest BCUT2D eigenvalue weighted by Crippen LogP contribution is 2.17. The number of pyridine rings is 1. The maximum absolute atomic E-state index is 9.71. The molecule has 0 aliphatic carbocycles. The Labute approximate surface area is 87.1 Å². The average Bonchev–Trinajstić information content (AvgIpc) is 2.04. The van der Waals surface area contributed by atoms with Gasteiger partial charge in [-0.25, -0.2) is 0 Å². The molecule has 1 N–H and O–H groups in total. The highest BCUT2D eigenvalue weighted by Gasteiger charge is 2.17. The van der Waals surface area contributed by atoms with Crippen molar-refractivity contribution < 1.29 is 5.11 Å². The van der Waals surface area contributed by atoms with E-state index in [-0.39, 0.29) is 0 Å². The quantitative estimate of drug-likeness (QED) is 0.827. The molecule has 0 atom stereocenters. The summed E-state index contributed by atoms with van der Waals surface area (Å²) < 4.78 is 0. The molecule has 0 spiro atoms. The predicted molar refractivity (Wildman–Crippen MR) is 57.0 cm³/mol. The van der Waals surface area contributed by atoms with Crippen LogP contribution in [0.5, 0.6) is 0 Å². The zero-order chi connectivity index (χ0) is 9.90. The molecular weight excluding hydrogens is 230 g/mol. The maximum atomic E-state index is 9.71. The van der Waals surface area contributed by atoms with Crippen LogP contribution in [0.1, 0.15) is 25.2 Å². The van der Waals surface area contributed by atoms with Gasteiger partial charge in [-0.05, 0) is 32.4 Å². The summed E-state index contributed by atoms with van der Waals surface area (Å²) in [5, 5.41) is 10.6. The number of aromatic nitrogens is 1. The first-order chi connectivity index (χ1) is 6.04. The molecule has 0 amide bonds. The van der Waals surface area contributed by atoms with Gasteiger partial charge in [0.05, 0.1) is 5.69 Å². The maximum Gasteiger partial charge on any atom is 0.101 e. The van der Waals surface area contributed by atoms with Gasteiger partial charge < -0.3 is 5.11 Å². The van der Waals surface area contributed by atoms with Crippen molar-refractivity contribution in [2.24, 2.45) is 0 Å². The van der Waals surface area contributed by atoms with Crippen LogP contribution in [0.3, 0.4) is 0 Å². The van der Waals surface area contributed by atoms with Gasteiger partial charge in [-0.15, -0.1) is 0 Å². The summed E-state index contributed by atoms with van der Waals surface area (Å²) >= 11 is 3.36. The predicted octanol–water partition coefficient (Wildman–Crippen LogP) is 2.25. The highest BCUT2D eigenvalue weighted by molar-refractivity contribution is 9.09. The number of nitrogens with zero attached hydrogens (tertiary/aromatic N) is 1. The highest BCUT2D eigenvalue weighted by atomic mass is 79.9. The Balaban J connectivity index is 2.92. The standard InChI is InChI=1S/C10H14BrNO/c1-10(2,13)9-5-3-4-8(12-9)6-7-11/h3-5,13H,6-7H2,1-2H3. The van der Waals surface area contributed by atoms with Gasteiger partial charge in [0.15, 0.2) is 0 Å². The van der Waals surface area contributed by atoms with E-state index in [1.54, 1.807) is 13.8 Å². The Morgan fingerprint density at radius 1 is 1.46 bits per heavy atom. The van der Waals surface area contributed by atoms with E-state index in [0.29, 0.717) is 0 Å². The SMILES string of the molecule is CC(C)(O)c1cccc(CCBr)n1. The molecule has 0 saturated carbocycles. The molecule has 2 nitrogen and oxygen atoms in total. The van der Waals surface area contributed by atoms with Crippen molar-refractivity contribution in [1.29, 1.82) is 0 Å². The van der Waals surface area contributed by atoms with Crippen LogP contribution < -0.4 is 0 Å². The summed E-state index contributed by atoms with van der Waals surface area (Å²) in [4.78, 5) is 4.35. The van der Waals surface area contributed by atoms with E-state index in [2.05, 4.69) is 20.9 Å². The molecule has 0 radical (unpaired) electrons. The normalized spacial score (nSPS) is 11.7. The van der Waals surface area contributed by atoms with Gasteiger partial charge in [-0.1, -0.05) is 22.0 Å². The minimum atomic E-state index is -0.845. The molecular formula is C10H14BrNO. The Hall–Kier alpha value is -0.410. The molecule has 1 heterocycles. The van der Waals surface area contributed by atoms with Crippen molar-refractivity contribution in [3.8, 4) is 0 Å². The van der Waals surface area contributed by atoms with Gasteiger partial charge in [0, 0.05) is 11.0 Å². The van der Waals surface area contributed by atoms with Crippen LogP contribution >= 0.6 is 15.9 Å². The summed E-state index contributed by atoms with van der Waals surface area (Å²) in [5.41, 5.74) is 0.893. The molecule has 0 aliphatic heterocycles. The lowest BCUT2D eigenvalue weighted by molar-refractivity contribution is 0.0736. The third-order valence-electron chi connectivity index (χ3n) is 1.78. The van der Waals surface area contributed by atoms with Crippen molar-refractivity contribution in [3.05, 3.63) is 29.6 Å². The van der Waals surface area contributed by atoms with Crippen LogP contribution in [0.15, 0.2) is 18.2 Å². The van der Waals surface area contributed by atoms with Crippen LogP contribution in [0.2, 0.25) is 0 Å². The van der Waals surface area contributed by atoms with E-state index in [9.17, 15) is 5.11 Å². The molecule has 0 bridgehead atoms. The molecule has 0 saturated heterocycles. The van der Waals surface area contributed by atoms with Gasteiger partial charge >= 0.3 is 0 Å². The first-order valence-corrected chi connectivity index (χ1v) is 5.41. The van der Waals surface area contributed by atoms with Gasteiger partial charge in [0.25, 0.3) is 0 Å². The fourth-order valence-electron chi connectivity index (χ4n) is 1.06. The Bertz CT molecular complexity index is 280. The van der Waals surface area contributed by atoms with Crippen LogP contribution in [0.4, 0.5) is 0 Å². The number of aliphatic hydroxyl groups is 1. The van der Waals surface area contributed by atoms with Gasteiger partial charge in [0.1, 0.15) is 5.60 Å². The Morgan fingerprint density at radius 3 is 2.69 bits per heavy atom. The van der Waals surface area contributed by atoms with E-state index in [1.165, 1.54) is 0 Å². The minimum Gasteiger partial charge on any atom is -0.384 e. The van der Waals surface area contributed by atoms with Crippen LogP contribution in [0, 0.1) is 0 Å². The lowest BCUT2D eigenvalue weighted by Crippen LogP contribution is -2.18. The van der Waals surface area contributed by atoms with Crippen LogP contribution in [-0.2, 0) is 12.0 Å². The number of rotatable bonds is 3.